The summed E-state index contributed by atoms with van der Waals surface area (Å²) < 4.78 is 40.1. The zero-order valence-corrected chi connectivity index (χ0v) is 13.2. The Hall–Kier alpha value is -2.84. The number of aromatic nitrogens is 4. The van der Waals surface area contributed by atoms with Gasteiger partial charge in [-0.1, -0.05) is 6.07 Å². The first-order chi connectivity index (χ1) is 12.0. The van der Waals surface area contributed by atoms with E-state index in [-0.39, 0.29) is 5.65 Å². The maximum Gasteiger partial charge on any atom is 0.434 e. The van der Waals surface area contributed by atoms with E-state index in [2.05, 4.69) is 19.9 Å². The molecule has 4 rings (SSSR count). The Morgan fingerprint density at radius 2 is 1.68 bits per heavy atom. The molecule has 3 aromatic rings. The zero-order chi connectivity index (χ0) is 17.4. The predicted octanol–water partition coefficient (Wildman–Crippen LogP) is 2.47. The third-order valence-corrected chi connectivity index (χ3v) is 4.20. The van der Waals surface area contributed by atoms with Gasteiger partial charge < -0.3 is 14.2 Å². The molecule has 0 amide bonds. The van der Waals surface area contributed by atoms with E-state index < -0.39 is 11.9 Å². The van der Waals surface area contributed by atoms with Crippen LogP contribution < -0.4 is 9.80 Å². The minimum absolute atomic E-state index is 0.223. The lowest BCUT2D eigenvalue weighted by Gasteiger charge is -2.36. The van der Waals surface area contributed by atoms with E-state index in [1.54, 1.807) is 6.20 Å². The van der Waals surface area contributed by atoms with Crippen LogP contribution in [-0.4, -0.2) is 45.5 Å². The molecule has 130 valence electrons. The van der Waals surface area contributed by atoms with Crippen LogP contribution in [0.5, 0.6) is 0 Å². The second kappa shape index (κ2) is 5.91. The Kier molecular flexibility index (Phi) is 3.70. The smallest absolute Gasteiger partial charge is 0.353 e. The van der Waals surface area contributed by atoms with Crippen LogP contribution in [0.3, 0.4) is 0 Å². The van der Waals surface area contributed by atoms with E-state index in [4.69, 9.17) is 0 Å². The molecule has 0 unspecified atom stereocenters. The van der Waals surface area contributed by atoms with E-state index in [1.807, 2.05) is 23.1 Å². The maximum atomic E-state index is 12.9. The van der Waals surface area contributed by atoms with E-state index in [0.717, 1.165) is 12.0 Å². The molecule has 0 atom stereocenters. The Labute approximate surface area is 141 Å². The summed E-state index contributed by atoms with van der Waals surface area (Å²) >= 11 is 0. The largest absolute Gasteiger partial charge is 0.434 e. The first-order valence-electron chi connectivity index (χ1n) is 7.84. The van der Waals surface area contributed by atoms with Crippen LogP contribution in [0.2, 0.25) is 0 Å². The maximum absolute atomic E-state index is 12.9. The highest BCUT2D eigenvalue weighted by Gasteiger charge is 2.34. The summed E-state index contributed by atoms with van der Waals surface area (Å²) in [4.78, 5) is 16.4. The highest BCUT2D eigenvalue weighted by atomic mass is 19.4. The summed E-state index contributed by atoms with van der Waals surface area (Å²) in [5.74, 6) is 1.37. The lowest BCUT2D eigenvalue weighted by molar-refractivity contribution is -0.140. The molecule has 0 spiro atoms. The van der Waals surface area contributed by atoms with Crippen molar-refractivity contribution in [3.63, 3.8) is 0 Å². The van der Waals surface area contributed by atoms with Gasteiger partial charge in [0.1, 0.15) is 5.82 Å². The molecule has 0 aliphatic carbocycles. The van der Waals surface area contributed by atoms with Crippen LogP contribution in [-0.2, 0) is 6.18 Å². The molecule has 0 N–H and O–H groups in total. The number of anilines is 2. The zero-order valence-electron chi connectivity index (χ0n) is 13.2. The van der Waals surface area contributed by atoms with Gasteiger partial charge >= 0.3 is 6.18 Å². The molecule has 1 fully saturated rings. The van der Waals surface area contributed by atoms with Crippen molar-refractivity contribution in [2.45, 2.75) is 6.18 Å². The van der Waals surface area contributed by atoms with Gasteiger partial charge in [0.15, 0.2) is 17.2 Å². The van der Waals surface area contributed by atoms with Crippen molar-refractivity contribution in [2.24, 2.45) is 0 Å². The van der Waals surface area contributed by atoms with Gasteiger partial charge in [-0.3, -0.25) is 0 Å². The fraction of sp³-hybridized carbons (Fsp3) is 0.312. The topological polar surface area (TPSA) is 49.6 Å². The van der Waals surface area contributed by atoms with Crippen LogP contribution in [0, 0.1) is 0 Å². The molecular weight excluding hydrogens is 333 g/mol. The van der Waals surface area contributed by atoms with Crippen LogP contribution in [0.4, 0.5) is 24.8 Å². The second-order valence-corrected chi connectivity index (χ2v) is 5.77. The van der Waals surface area contributed by atoms with Crippen molar-refractivity contribution in [3.05, 3.63) is 48.7 Å². The summed E-state index contributed by atoms with van der Waals surface area (Å²) in [6.07, 6.45) is 1.24. The Balaban J connectivity index is 1.58. The molecule has 6 nitrogen and oxygen atoms in total. The Morgan fingerprint density at radius 1 is 0.920 bits per heavy atom. The number of halogens is 3. The molecular formula is C16H15F3N6. The highest BCUT2D eigenvalue weighted by Crippen LogP contribution is 2.30. The van der Waals surface area contributed by atoms with Gasteiger partial charge in [-0.2, -0.15) is 13.2 Å². The summed E-state index contributed by atoms with van der Waals surface area (Å²) in [5.41, 5.74) is -0.685. The minimum atomic E-state index is -4.47. The van der Waals surface area contributed by atoms with Crippen molar-refractivity contribution in [3.8, 4) is 0 Å². The SMILES string of the molecule is FC(F)(F)c1cn2ccnc(N3CCN(c4ccccn4)CC3)c2n1. The minimum Gasteiger partial charge on any atom is -0.353 e. The van der Waals surface area contributed by atoms with Crippen molar-refractivity contribution in [2.75, 3.05) is 36.0 Å². The number of hydrogen-bond acceptors (Lipinski definition) is 5. The lowest BCUT2D eigenvalue weighted by Crippen LogP contribution is -2.47. The van der Waals surface area contributed by atoms with Gasteiger partial charge in [0.05, 0.1) is 0 Å². The first-order valence-corrected chi connectivity index (χ1v) is 7.84. The molecule has 9 heteroatoms. The van der Waals surface area contributed by atoms with Gasteiger partial charge in [0.2, 0.25) is 0 Å². The third-order valence-electron chi connectivity index (χ3n) is 4.20. The fourth-order valence-corrected chi connectivity index (χ4v) is 2.95. The number of alkyl halides is 3. The molecule has 4 heterocycles. The molecule has 1 saturated heterocycles. The average Bonchev–Trinajstić information content (AvgIpc) is 3.07. The number of pyridine rings is 1. The van der Waals surface area contributed by atoms with Gasteiger partial charge in [-0.05, 0) is 12.1 Å². The first kappa shape index (κ1) is 15.7. The van der Waals surface area contributed by atoms with Gasteiger partial charge in [-0.15, -0.1) is 0 Å². The Morgan fingerprint density at radius 3 is 2.36 bits per heavy atom. The van der Waals surface area contributed by atoms with E-state index in [0.29, 0.717) is 32.0 Å². The van der Waals surface area contributed by atoms with Gasteiger partial charge in [-0.25, -0.2) is 15.0 Å². The van der Waals surface area contributed by atoms with Crippen molar-refractivity contribution < 1.29 is 13.2 Å². The molecule has 0 aromatic carbocycles. The third kappa shape index (κ3) is 2.97. The number of imidazole rings is 1. The molecule has 25 heavy (non-hydrogen) atoms. The molecule has 0 bridgehead atoms. The molecule has 1 aliphatic rings. The number of fused-ring (bicyclic) bond motifs is 1. The van der Waals surface area contributed by atoms with Crippen molar-refractivity contribution in [1.29, 1.82) is 0 Å². The molecule has 0 saturated carbocycles. The van der Waals surface area contributed by atoms with Gasteiger partial charge in [0, 0.05) is 51.0 Å². The van der Waals surface area contributed by atoms with Crippen LogP contribution >= 0.6 is 0 Å². The summed E-state index contributed by atoms with van der Waals surface area (Å²) in [7, 11) is 0. The quantitative estimate of drug-likeness (QED) is 0.712. The Bertz CT molecular complexity index is 868. The van der Waals surface area contributed by atoms with E-state index >= 15 is 0 Å². The summed E-state index contributed by atoms with van der Waals surface area (Å²) in [6, 6.07) is 5.74. The number of nitrogens with zero attached hydrogens (tertiary/aromatic N) is 6. The molecule has 0 radical (unpaired) electrons. The van der Waals surface area contributed by atoms with Crippen LogP contribution in [0.15, 0.2) is 43.0 Å². The van der Waals surface area contributed by atoms with Crippen molar-refractivity contribution in [1.82, 2.24) is 19.4 Å². The fourth-order valence-electron chi connectivity index (χ4n) is 2.95. The highest BCUT2D eigenvalue weighted by molar-refractivity contribution is 5.65. The van der Waals surface area contributed by atoms with Gasteiger partial charge in [0.25, 0.3) is 0 Å². The van der Waals surface area contributed by atoms with E-state index in [1.165, 1.54) is 16.8 Å². The molecule has 1 aliphatic heterocycles. The normalized spacial score (nSPS) is 15.8. The summed E-state index contributed by atoms with van der Waals surface area (Å²) in [5, 5.41) is 0. The van der Waals surface area contributed by atoms with Crippen LogP contribution in [0.25, 0.3) is 5.65 Å². The summed E-state index contributed by atoms with van der Waals surface area (Å²) in [6.45, 7) is 2.70. The standard InChI is InChI=1S/C16H15F3N6/c17-16(18,19)12-11-25-6-5-21-14(15(25)22-12)24-9-7-23(8-10-24)13-3-1-2-4-20-13/h1-6,11H,7-10H2. The number of hydrogen-bond donors (Lipinski definition) is 0. The predicted molar refractivity (Wildman–Crippen MR) is 86.7 cm³/mol. The van der Waals surface area contributed by atoms with Crippen LogP contribution in [0.1, 0.15) is 5.69 Å². The average molecular weight is 348 g/mol. The van der Waals surface area contributed by atoms with E-state index in [9.17, 15) is 13.2 Å². The monoisotopic (exact) mass is 348 g/mol. The second-order valence-electron chi connectivity index (χ2n) is 5.77. The lowest BCUT2D eigenvalue weighted by atomic mass is 10.3. The number of rotatable bonds is 2. The molecule has 3 aromatic heterocycles. The number of piperazine rings is 1. The van der Waals surface area contributed by atoms with Crippen molar-refractivity contribution >= 4 is 17.3 Å².